The lowest BCUT2D eigenvalue weighted by Gasteiger charge is -2.16. The van der Waals surface area contributed by atoms with E-state index in [-0.39, 0.29) is 23.7 Å². The zero-order valence-corrected chi connectivity index (χ0v) is 16.6. The Bertz CT molecular complexity index is 1140. The summed E-state index contributed by atoms with van der Waals surface area (Å²) in [7, 11) is 1.80. The first-order valence-corrected chi connectivity index (χ1v) is 9.82. The zero-order chi connectivity index (χ0) is 21.1. The van der Waals surface area contributed by atoms with Crippen molar-refractivity contribution < 1.29 is 9.59 Å². The van der Waals surface area contributed by atoms with Crippen LogP contribution in [0.2, 0.25) is 0 Å². The van der Waals surface area contributed by atoms with Gasteiger partial charge in [-0.1, -0.05) is 36.4 Å². The first kappa shape index (κ1) is 19.6. The van der Waals surface area contributed by atoms with Crippen LogP contribution in [0.3, 0.4) is 0 Å². The molecule has 4 rings (SSSR count). The van der Waals surface area contributed by atoms with Crippen LogP contribution in [-0.2, 0) is 6.54 Å². The van der Waals surface area contributed by atoms with Crippen molar-refractivity contribution in [1.29, 1.82) is 0 Å². The fraction of sp³-hybridized carbons (Fsp3) is 0.217. The molecule has 7 nitrogen and oxygen atoms in total. The number of hydrogen-bond donors (Lipinski definition) is 1. The normalized spacial score (nSPS) is 13.0. The Morgan fingerprint density at radius 3 is 2.57 bits per heavy atom. The highest BCUT2D eigenvalue weighted by atomic mass is 16.2. The van der Waals surface area contributed by atoms with Gasteiger partial charge in [0.2, 0.25) is 0 Å². The topological polar surface area (TPSA) is 84.3 Å². The molecule has 0 saturated heterocycles. The van der Waals surface area contributed by atoms with Crippen LogP contribution >= 0.6 is 0 Å². The minimum absolute atomic E-state index is 0.0665. The van der Waals surface area contributed by atoms with Crippen LogP contribution in [0.1, 0.15) is 39.3 Å². The number of aromatic nitrogens is 2. The van der Waals surface area contributed by atoms with Gasteiger partial charge >= 0.3 is 0 Å². The molecule has 1 fully saturated rings. The first-order chi connectivity index (χ1) is 14.5. The molecule has 1 heterocycles. The molecule has 152 valence electrons. The summed E-state index contributed by atoms with van der Waals surface area (Å²) >= 11 is 0. The molecular weight excluding hydrogens is 380 g/mol. The van der Waals surface area contributed by atoms with Crippen LogP contribution in [0.5, 0.6) is 0 Å². The lowest BCUT2D eigenvalue weighted by Crippen LogP contribution is -2.29. The summed E-state index contributed by atoms with van der Waals surface area (Å²) < 4.78 is 1.26. The van der Waals surface area contributed by atoms with Gasteiger partial charge in [-0.15, -0.1) is 0 Å². The summed E-state index contributed by atoms with van der Waals surface area (Å²) in [6.45, 7) is 0.276. The predicted molar refractivity (Wildman–Crippen MR) is 114 cm³/mol. The van der Waals surface area contributed by atoms with Gasteiger partial charge in [0.1, 0.15) is 5.69 Å². The smallest absolute Gasteiger partial charge is 0.276 e. The molecule has 1 aliphatic rings. The van der Waals surface area contributed by atoms with E-state index in [2.05, 4.69) is 10.4 Å². The number of benzene rings is 2. The number of carbonyl (C=O) groups excluding carboxylic acids is 2. The van der Waals surface area contributed by atoms with Gasteiger partial charge in [-0.05, 0) is 42.7 Å². The Balaban J connectivity index is 1.50. The van der Waals surface area contributed by atoms with Crippen molar-refractivity contribution in [1.82, 2.24) is 14.7 Å². The molecule has 0 radical (unpaired) electrons. The van der Waals surface area contributed by atoms with Gasteiger partial charge in [0.25, 0.3) is 17.4 Å². The number of hydrogen-bond acceptors (Lipinski definition) is 4. The van der Waals surface area contributed by atoms with Crippen LogP contribution in [0.15, 0.2) is 71.5 Å². The maximum Gasteiger partial charge on any atom is 0.276 e. The second kappa shape index (κ2) is 8.32. The van der Waals surface area contributed by atoms with E-state index >= 15 is 0 Å². The maximum absolute atomic E-state index is 12.7. The first-order valence-electron chi connectivity index (χ1n) is 9.82. The summed E-state index contributed by atoms with van der Waals surface area (Å²) in [5, 5.41) is 6.96. The number of nitrogens with zero attached hydrogens (tertiary/aromatic N) is 3. The van der Waals surface area contributed by atoms with Crippen LogP contribution < -0.4 is 10.9 Å². The molecule has 1 saturated carbocycles. The van der Waals surface area contributed by atoms with Gasteiger partial charge in [-0.2, -0.15) is 5.10 Å². The molecule has 3 aromatic rings. The average Bonchev–Trinajstić information content (AvgIpc) is 3.60. The van der Waals surface area contributed by atoms with E-state index in [0.717, 1.165) is 18.4 Å². The molecule has 1 N–H and O–H groups in total. The summed E-state index contributed by atoms with van der Waals surface area (Å²) in [5.74, 6) is -0.514. The Morgan fingerprint density at radius 2 is 1.83 bits per heavy atom. The lowest BCUT2D eigenvalue weighted by atomic mass is 10.1. The Kier molecular flexibility index (Phi) is 5.43. The van der Waals surface area contributed by atoms with Gasteiger partial charge in [-0.3, -0.25) is 14.4 Å². The van der Waals surface area contributed by atoms with Crippen molar-refractivity contribution in [3.63, 3.8) is 0 Å². The van der Waals surface area contributed by atoms with Crippen molar-refractivity contribution in [2.75, 3.05) is 12.4 Å². The monoisotopic (exact) mass is 402 g/mol. The molecule has 1 aliphatic carbocycles. The second-order valence-corrected chi connectivity index (χ2v) is 7.38. The maximum atomic E-state index is 12.7. The van der Waals surface area contributed by atoms with Crippen molar-refractivity contribution >= 4 is 17.5 Å². The fourth-order valence-corrected chi connectivity index (χ4v) is 3.20. The summed E-state index contributed by atoms with van der Waals surface area (Å²) in [4.78, 5) is 39.1. The van der Waals surface area contributed by atoms with Crippen LogP contribution in [0.25, 0.3) is 0 Å². The highest BCUT2D eigenvalue weighted by Gasteiger charge is 2.30. The van der Waals surface area contributed by atoms with E-state index in [1.54, 1.807) is 36.2 Å². The minimum atomic E-state index is -0.447. The molecular formula is C23H22N4O3. The van der Waals surface area contributed by atoms with Crippen molar-refractivity contribution in [3.8, 4) is 0 Å². The average molecular weight is 402 g/mol. The molecule has 0 bridgehead atoms. The number of nitrogens with one attached hydrogen (secondary N) is 1. The minimum Gasteiger partial charge on any atom is -0.339 e. The van der Waals surface area contributed by atoms with E-state index in [1.165, 1.54) is 16.8 Å². The van der Waals surface area contributed by atoms with Crippen molar-refractivity contribution in [3.05, 3.63) is 93.9 Å². The van der Waals surface area contributed by atoms with E-state index in [1.807, 2.05) is 30.3 Å². The Labute approximate surface area is 174 Å². The number of anilines is 1. The van der Waals surface area contributed by atoms with Crippen LogP contribution in [-0.4, -0.2) is 39.6 Å². The Hall–Kier alpha value is -3.74. The molecule has 7 heteroatoms. The lowest BCUT2D eigenvalue weighted by molar-refractivity contribution is 0.0784. The third-order valence-corrected chi connectivity index (χ3v) is 5.06. The third kappa shape index (κ3) is 4.46. The molecule has 30 heavy (non-hydrogen) atoms. The predicted octanol–water partition coefficient (Wildman–Crippen LogP) is 2.78. The quantitative estimate of drug-likeness (QED) is 0.687. The third-order valence-electron chi connectivity index (χ3n) is 5.06. The summed E-state index contributed by atoms with van der Waals surface area (Å²) in [5.41, 5.74) is 1.76. The molecule has 0 atom stereocenters. The van der Waals surface area contributed by atoms with Gasteiger partial charge in [0, 0.05) is 30.4 Å². The number of amides is 2. The standard InChI is InChI=1S/C23H22N4O3/c1-26(19-10-11-19)23(30)17-8-5-9-18(14-17)24-22(29)20-12-13-21(28)27(25-20)15-16-6-3-2-4-7-16/h2-9,12-14,19H,10-11,15H2,1H3,(H,24,29). The molecule has 1 aromatic heterocycles. The largest absolute Gasteiger partial charge is 0.339 e. The van der Waals surface area contributed by atoms with E-state index in [0.29, 0.717) is 17.3 Å². The fourth-order valence-electron chi connectivity index (χ4n) is 3.20. The molecule has 2 aromatic carbocycles. The van der Waals surface area contributed by atoms with Crippen molar-refractivity contribution in [2.45, 2.75) is 25.4 Å². The van der Waals surface area contributed by atoms with Gasteiger partial charge < -0.3 is 10.2 Å². The van der Waals surface area contributed by atoms with Crippen LogP contribution in [0, 0.1) is 0 Å². The number of rotatable bonds is 6. The Morgan fingerprint density at radius 1 is 1.07 bits per heavy atom. The highest BCUT2D eigenvalue weighted by Crippen LogP contribution is 2.27. The van der Waals surface area contributed by atoms with E-state index in [9.17, 15) is 14.4 Å². The summed E-state index contributed by atoms with van der Waals surface area (Å²) in [6.07, 6.45) is 2.06. The van der Waals surface area contributed by atoms with Gasteiger partial charge in [-0.25, -0.2) is 4.68 Å². The van der Waals surface area contributed by atoms with Crippen LogP contribution in [0.4, 0.5) is 5.69 Å². The summed E-state index contributed by atoms with van der Waals surface area (Å²) in [6, 6.07) is 19.3. The second-order valence-electron chi connectivity index (χ2n) is 7.38. The highest BCUT2D eigenvalue weighted by molar-refractivity contribution is 6.03. The van der Waals surface area contributed by atoms with Gasteiger partial charge in [0.15, 0.2) is 0 Å². The van der Waals surface area contributed by atoms with E-state index < -0.39 is 5.91 Å². The van der Waals surface area contributed by atoms with E-state index in [4.69, 9.17) is 0 Å². The molecule has 0 unspecified atom stereocenters. The van der Waals surface area contributed by atoms with Crippen molar-refractivity contribution in [2.24, 2.45) is 0 Å². The molecule has 0 aliphatic heterocycles. The zero-order valence-electron chi connectivity index (χ0n) is 16.6. The SMILES string of the molecule is CN(C(=O)c1cccc(NC(=O)c2ccc(=O)n(Cc3ccccc3)n2)c1)C1CC1. The van der Waals surface area contributed by atoms with Gasteiger partial charge in [0.05, 0.1) is 6.54 Å². The number of carbonyl (C=O) groups is 2. The molecule has 0 spiro atoms. The molecule has 2 amide bonds.